The number of rotatable bonds is 3. The van der Waals surface area contributed by atoms with Gasteiger partial charge in [-0.1, -0.05) is 12.8 Å². The Kier molecular flexibility index (Phi) is 3.64. The third-order valence-electron chi connectivity index (χ3n) is 3.40. The van der Waals surface area contributed by atoms with E-state index in [4.69, 9.17) is 11.6 Å². The number of aryl methyl sites for hydroxylation is 1. The maximum atomic E-state index is 5.80. The average Bonchev–Trinajstić information content (AvgIpc) is 2.81. The van der Waals surface area contributed by atoms with Crippen molar-refractivity contribution in [2.75, 3.05) is 11.9 Å². The van der Waals surface area contributed by atoms with Crippen LogP contribution in [0, 0.1) is 6.92 Å². The molecule has 16 heavy (non-hydrogen) atoms. The van der Waals surface area contributed by atoms with Gasteiger partial charge < -0.3 is 4.90 Å². The summed E-state index contributed by atoms with van der Waals surface area (Å²) in [5, 5.41) is 0. The van der Waals surface area contributed by atoms with Crippen LogP contribution in [0.2, 0.25) is 0 Å². The van der Waals surface area contributed by atoms with Crippen molar-refractivity contribution in [3.05, 3.63) is 17.5 Å². The smallest absolute Gasteiger partial charge is 0.225 e. The Balaban J connectivity index is 2.16. The third kappa shape index (κ3) is 2.29. The molecular weight excluding hydrogens is 222 g/mol. The summed E-state index contributed by atoms with van der Waals surface area (Å²) >= 11 is 5.80. The molecule has 0 amide bonds. The third-order valence-corrected chi connectivity index (χ3v) is 3.69. The maximum absolute atomic E-state index is 5.80. The van der Waals surface area contributed by atoms with Crippen molar-refractivity contribution in [2.45, 2.75) is 44.5 Å². The highest BCUT2D eigenvalue weighted by atomic mass is 35.5. The van der Waals surface area contributed by atoms with Crippen LogP contribution in [0.1, 0.15) is 36.9 Å². The normalized spacial score (nSPS) is 16.7. The lowest BCUT2D eigenvalue weighted by molar-refractivity contribution is 0.636. The fourth-order valence-corrected chi connectivity index (χ4v) is 2.50. The number of nitrogens with zero attached hydrogens (tertiary/aromatic N) is 3. The Morgan fingerprint density at radius 2 is 2.12 bits per heavy atom. The molecule has 0 bridgehead atoms. The van der Waals surface area contributed by atoms with E-state index in [2.05, 4.69) is 21.9 Å². The van der Waals surface area contributed by atoms with Crippen molar-refractivity contribution in [3.63, 3.8) is 0 Å². The summed E-state index contributed by atoms with van der Waals surface area (Å²) in [5.74, 6) is 1.32. The van der Waals surface area contributed by atoms with Gasteiger partial charge in [-0.25, -0.2) is 9.97 Å². The monoisotopic (exact) mass is 239 g/mol. The number of hydrogen-bond donors (Lipinski definition) is 0. The van der Waals surface area contributed by atoms with Crippen molar-refractivity contribution in [1.29, 1.82) is 0 Å². The van der Waals surface area contributed by atoms with Crippen molar-refractivity contribution in [3.8, 4) is 0 Å². The first-order valence-electron chi connectivity index (χ1n) is 5.83. The minimum atomic E-state index is 0.485. The fourth-order valence-electron chi connectivity index (χ4n) is 2.24. The lowest BCUT2D eigenvalue weighted by Crippen LogP contribution is -2.30. The van der Waals surface area contributed by atoms with Gasteiger partial charge in [0, 0.05) is 30.5 Å². The van der Waals surface area contributed by atoms with E-state index in [-0.39, 0.29) is 0 Å². The van der Waals surface area contributed by atoms with Crippen LogP contribution in [-0.2, 0) is 5.88 Å². The Morgan fingerprint density at radius 3 is 2.69 bits per heavy atom. The number of anilines is 1. The van der Waals surface area contributed by atoms with Gasteiger partial charge in [0.05, 0.1) is 5.88 Å². The van der Waals surface area contributed by atoms with Crippen LogP contribution in [-0.4, -0.2) is 23.1 Å². The highest BCUT2D eigenvalue weighted by Gasteiger charge is 2.21. The fraction of sp³-hybridized carbons (Fsp3) is 0.667. The highest BCUT2D eigenvalue weighted by Crippen LogP contribution is 2.25. The molecule has 4 heteroatoms. The van der Waals surface area contributed by atoms with E-state index in [1.54, 1.807) is 0 Å². The van der Waals surface area contributed by atoms with Gasteiger partial charge in [0.1, 0.15) is 0 Å². The van der Waals surface area contributed by atoms with Gasteiger partial charge in [0.25, 0.3) is 0 Å². The summed E-state index contributed by atoms with van der Waals surface area (Å²) in [4.78, 5) is 11.1. The van der Waals surface area contributed by atoms with Crippen LogP contribution in [0.15, 0.2) is 6.20 Å². The zero-order valence-corrected chi connectivity index (χ0v) is 10.7. The number of alkyl halides is 1. The van der Waals surface area contributed by atoms with Crippen molar-refractivity contribution >= 4 is 17.5 Å². The summed E-state index contributed by atoms with van der Waals surface area (Å²) < 4.78 is 0. The number of hydrogen-bond acceptors (Lipinski definition) is 3. The Hall–Kier alpha value is -0.830. The first-order chi connectivity index (χ1) is 7.72. The van der Waals surface area contributed by atoms with E-state index in [1.165, 1.54) is 25.7 Å². The first-order valence-corrected chi connectivity index (χ1v) is 6.37. The molecule has 1 aromatic heterocycles. The predicted molar refractivity (Wildman–Crippen MR) is 67.0 cm³/mol. The van der Waals surface area contributed by atoms with E-state index in [0.717, 1.165) is 17.2 Å². The molecule has 1 aliphatic rings. The van der Waals surface area contributed by atoms with Crippen molar-refractivity contribution in [2.24, 2.45) is 0 Å². The summed E-state index contributed by atoms with van der Waals surface area (Å²) in [7, 11) is 2.09. The van der Waals surface area contributed by atoms with E-state index >= 15 is 0 Å². The SMILES string of the molecule is Cc1nc(N(C)C2CCCC2)ncc1CCl. The molecule has 1 aromatic rings. The molecule has 0 atom stereocenters. The molecule has 88 valence electrons. The zero-order chi connectivity index (χ0) is 11.5. The molecular formula is C12H18ClN3. The first kappa shape index (κ1) is 11.6. The average molecular weight is 240 g/mol. The molecule has 0 aromatic carbocycles. The molecule has 1 fully saturated rings. The second kappa shape index (κ2) is 5.00. The van der Waals surface area contributed by atoms with Gasteiger partial charge in [-0.3, -0.25) is 0 Å². The van der Waals surface area contributed by atoms with Gasteiger partial charge in [-0.2, -0.15) is 0 Å². The lowest BCUT2D eigenvalue weighted by atomic mass is 10.2. The minimum absolute atomic E-state index is 0.485. The van der Waals surface area contributed by atoms with Crippen molar-refractivity contribution < 1.29 is 0 Å². The largest absolute Gasteiger partial charge is 0.341 e. The Morgan fingerprint density at radius 1 is 1.44 bits per heavy atom. The molecule has 3 nitrogen and oxygen atoms in total. The summed E-state index contributed by atoms with van der Waals surface area (Å²) in [6.07, 6.45) is 7.02. The minimum Gasteiger partial charge on any atom is -0.341 e. The zero-order valence-electron chi connectivity index (χ0n) is 9.91. The van der Waals surface area contributed by atoms with Crippen LogP contribution in [0.3, 0.4) is 0 Å². The topological polar surface area (TPSA) is 29.0 Å². The second-order valence-corrected chi connectivity index (χ2v) is 4.73. The van der Waals surface area contributed by atoms with E-state index in [9.17, 15) is 0 Å². The van der Waals surface area contributed by atoms with Gasteiger partial charge in [-0.05, 0) is 19.8 Å². The second-order valence-electron chi connectivity index (χ2n) is 4.46. The van der Waals surface area contributed by atoms with Crippen LogP contribution in [0.4, 0.5) is 5.95 Å². The molecule has 0 spiro atoms. The standard InChI is InChI=1S/C12H18ClN3/c1-9-10(7-13)8-14-12(15-9)16(2)11-5-3-4-6-11/h8,11H,3-7H2,1-2H3. The van der Waals surface area contributed by atoms with Gasteiger partial charge >= 0.3 is 0 Å². The summed E-state index contributed by atoms with van der Waals surface area (Å²) in [6.45, 7) is 1.99. The van der Waals surface area contributed by atoms with Gasteiger partial charge in [0.2, 0.25) is 5.95 Å². The van der Waals surface area contributed by atoms with E-state index in [1.807, 2.05) is 13.1 Å². The van der Waals surface area contributed by atoms with Crippen LogP contribution in [0.25, 0.3) is 0 Å². The van der Waals surface area contributed by atoms with Crippen LogP contribution < -0.4 is 4.90 Å². The molecule has 0 saturated heterocycles. The number of halogens is 1. The van der Waals surface area contributed by atoms with E-state index < -0.39 is 0 Å². The molecule has 1 aliphatic carbocycles. The summed E-state index contributed by atoms with van der Waals surface area (Å²) in [5.41, 5.74) is 2.01. The van der Waals surface area contributed by atoms with Gasteiger partial charge in [0.15, 0.2) is 0 Å². The Labute approximate surface area is 102 Å². The maximum Gasteiger partial charge on any atom is 0.225 e. The molecule has 0 N–H and O–H groups in total. The highest BCUT2D eigenvalue weighted by molar-refractivity contribution is 6.17. The van der Waals surface area contributed by atoms with E-state index in [0.29, 0.717) is 11.9 Å². The quantitative estimate of drug-likeness (QED) is 0.760. The predicted octanol–water partition coefficient (Wildman–Crippen LogP) is 2.90. The van der Waals surface area contributed by atoms with Crippen LogP contribution >= 0.6 is 11.6 Å². The van der Waals surface area contributed by atoms with Crippen molar-refractivity contribution in [1.82, 2.24) is 9.97 Å². The van der Waals surface area contributed by atoms with Gasteiger partial charge in [-0.15, -0.1) is 11.6 Å². The van der Waals surface area contributed by atoms with Crippen LogP contribution in [0.5, 0.6) is 0 Å². The molecule has 1 heterocycles. The number of aromatic nitrogens is 2. The molecule has 0 aliphatic heterocycles. The molecule has 2 rings (SSSR count). The molecule has 0 radical (unpaired) electrons. The lowest BCUT2D eigenvalue weighted by Gasteiger charge is -2.24. The molecule has 1 saturated carbocycles. The summed E-state index contributed by atoms with van der Waals surface area (Å²) in [6, 6.07) is 0.612. The Bertz CT molecular complexity index is 361. The molecule has 0 unspecified atom stereocenters.